The third-order valence-electron chi connectivity index (χ3n) is 5.16. The first-order valence-electron chi connectivity index (χ1n) is 9.59. The Bertz CT molecular complexity index is 894. The number of carboxylic acid groups (broad SMARTS) is 1. The second-order valence-electron chi connectivity index (χ2n) is 7.62. The zero-order valence-electron chi connectivity index (χ0n) is 16.6. The highest BCUT2D eigenvalue weighted by Gasteiger charge is 2.55. The number of hydrogen-bond donors (Lipinski definition) is 2. The van der Waals surface area contributed by atoms with Crippen LogP contribution >= 0.6 is 0 Å². The number of rotatable bonds is 9. The Morgan fingerprint density at radius 2 is 1.55 bits per heavy atom. The number of nitrogens with one attached hydrogen (secondary N) is 1. The van der Waals surface area contributed by atoms with Crippen molar-refractivity contribution >= 4 is 17.6 Å². The normalized spacial score (nSPS) is 24.7. The molecule has 0 aromatic heterocycles. The van der Waals surface area contributed by atoms with Crippen LogP contribution in [0.5, 0.6) is 11.5 Å². The van der Waals surface area contributed by atoms with Gasteiger partial charge < -0.3 is 24.6 Å². The molecule has 184 valence electrons. The quantitative estimate of drug-likeness (QED) is 0.514. The smallest absolute Gasteiger partial charge is 0.422 e. The van der Waals surface area contributed by atoms with Crippen molar-refractivity contribution in [2.24, 2.45) is 11.8 Å². The second-order valence-corrected chi connectivity index (χ2v) is 7.62. The van der Waals surface area contributed by atoms with Crippen molar-refractivity contribution in [3.63, 3.8) is 0 Å². The lowest BCUT2D eigenvalue weighted by atomic mass is 9.78. The molecule has 0 spiro atoms. The number of ether oxygens (including phenoxy) is 3. The van der Waals surface area contributed by atoms with E-state index in [0.717, 1.165) is 18.2 Å². The molecular weight excluding hydrogens is 471 g/mol. The summed E-state index contributed by atoms with van der Waals surface area (Å²) in [6.07, 6.45) is -9.27. The molecule has 2 N–H and O–H groups in total. The average Bonchev–Trinajstić information content (AvgIpc) is 3.32. The molecule has 0 unspecified atom stereocenters. The molecule has 4 atom stereocenters. The van der Waals surface area contributed by atoms with E-state index in [1.54, 1.807) is 0 Å². The first kappa shape index (κ1) is 24.9. The van der Waals surface area contributed by atoms with Gasteiger partial charge in [-0.2, -0.15) is 22.0 Å². The summed E-state index contributed by atoms with van der Waals surface area (Å²) in [4.78, 5) is 24.3. The molecule has 2 fully saturated rings. The van der Waals surface area contributed by atoms with Crippen LogP contribution in [0.4, 0.5) is 36.4 Å². The van der Waals surface area contributed by atoms with E-state index in [0.29, 0.717) is 12.8 Å². The number of alkyl halides is 7. The highest BCUT2D eigenvalue weighted by Crippen LogP contribution is 2.44. The minimum Gasteiger partial charge on any atom is -0.487 e. The number of hydrogen-bond acceptors (Lipinski definition) is 5. The van der Waals surface area contributed by atoms with Crippen LogP contribution in [0.3, 0.4) is 0 Å². The summed E-state index contributed by atoms with van der Waals surface area (Å²) in [7, 11) is 0. The SMILES string of the molecule is O=C(O)[C@H]1[C@H](C(=O)Nc2cc(OCC(F)(F)F)cc(OCC(F)(F)C(F)F)c2)[C@H]2CC[C@H]1O2. The second kappa shape index (κ2) is 9.23. The van der Waals surface area contributed by atoms with E-state index in [1.807, 2.05) is 0 Å². The van der Waals surface area contributed by atoms with Crippen LogP contribution in [0.1, 0.15) is 12.8 Å². The van der Waals surface area contributed by atoms with Crippen molar-refractivity contribution in [1.82, 2.24) is 0 Å². The largest absolute Gasteiger partial charge is 0.487 e. The summed E-state index contributed by atoms with van der Waals surface area (Å²) in [5.74, 6) is -10.0. The van der Waals surface area contributed by atoms with E-state index in [4.69, 9.17) is 4.74 Å². The molecule has 2 heterocycles. The number of benzene rings is 1. The molecule has 7 nitrogen and oxygen atoms in total. The van der Waals surface area contributed by atoms with Gasteiger partial charge in [0, 0.05) is 23.9 Å². The molecule has 3 rings (SSSR count). The van der Waals surface area contributed by atoms with Crippen LogP contribution in [0.25, 0.3) is 0 Å². The van der Waals surface area contributed by atoms with Gasteiger partial charge in [0.15, 0.2) is 13.2 Å². The molecule has 2 aliphatic heterocycles. The lowest BCUT2D eigenvalue weighted by molar-refractivity contribution is -0.153. The molecule has 1 aromatic carbocycles. The predicted molar refractivity (Wildman–Crippen MR) is 95.6 cm³/mol. The lowest BCUT2D eigenvalue weighted by Gasteiger charge is -2.24. The molecule has 2 saturated heterocycles. The van der Waals surface area contributed by atoms with Crippen LogP contribution in [-0.2, 0) is 14.3 Å². The Kier molecular flexibility index (Phi) is 6.96. The Balaban J connectivity index is 1.80. The van der Waals surface area contributed by atoms with Crippen LogP contribution in [0.2, 0.25) is 0 Å². The maximum Gasteiger partial charge on any atom is 0.422 e. The zero-order chi connectivity index (χ0) is 24.6. The molecule has 1 amide bonds. The highest BCUT2D eigenvalue weighted by atomic mass is 19.4. The van der Waals surface area contributed by atoms with Gasteiger partial charge in [-0.1, -0.05) is 0 Å². The minimum atomic E-state index is -4.75. The fraction of sp³-hybridized carbons (Fsp3) is 0.579. The molecule has 0 aliphatic carbocycles. The van der Waals surface area contributed by atoms with Crippen molar-refractivity contribution in [3.8, 4) is 11.5 Å². The van der Waals surface area contributed by atoms with Crippen molar-refractivity contribution in [2.45, 2.75) is 43.6 Å². The summed E-state index contributed by atoms with van der Waals surface area (Å²) in [6.45, 7) is -3.56. The summed E-state index contributed by atoms with van der Waals surface area (Å²) in [5, 5.41) is 11.7. The van der Waals surface area contributed by atoms with Gasteiger partial charge in [0.2, 0.25) is 5.91 Å². The maximum atomic E-state index is 13.2. The van der Waals surface area contributed by atoms with Crippen molar-refractivity contribution in [2.75, 3.05) is 18.5 Å². The fourth-order valence-corrected chi connectivity index (χ4v) is 3.77. The minimum absolute atomic E-state index is 0.276. The Hall–Kier alpha value is -2.77. The molecule has 1 aromatic rings. The summed E-state index contributed by atoms with van der Waals surface area (Å²) >= 11 is 0. The number of carbonyl (C=O) groups is 2. The Morgan fingerprint density at radius 3 is 2.06 bits per heavy atom. The topological polar surface area (TPSA) is 94.1 Å². The number of aliphatic carboxylic acids is 1. The number of carboxylic acids is 1. The number of fused-ring (bicyclic) bond motifs is 2. The standard InChI is InChI=1S/C19H18F7NO6/c20-17(21)18(22,23)6-31-9-3-8(4-10(5-9)32-7-19(24,25)26)27-15(28)13-11-1-2-12(33-11)14(13)16(29)30/h3-5,11-14,17H,1-2,6-7H2,(H,27,28)(H,29,30)/t11-,12-,13-,14-/m1/s1. The van der Waals surface area contributed by atoms with Gasteiger partial charge >= 0.3 is 24.5 Å². The lowest BCUT2D eigenvalue weighted by Crippen LogP contribution is -2.40. The number of carbonyl (C=O) groups excluding carboxylic acids is 1. The average molecular weight is 489 g/mol. The molecule has 2 aliphatic rings. The molecule has 0 saturated carbocycles. The van der Waals surface area contributed by atoms with E-state index >= 15 is 0 Å². The van der Waals surface area contributed by atoms with E-state index in [-0.39, 0.29) is 5.69 Å². The predicted octanol–water partition coefficient (Wildman–Crippen LogP) is 3.72. The van der Waals surface area contributed by atoms with Gasteiger partial charge in [-0.05, 0) is 12.8 Å². The van der Waals surface area contributed by atoms with Gasteiger partial charge in [-0.25, -0.2) is 8.78 Å². The maximum absolute atomic E-state index is 13.2. The van der Waals surface area contributed by atoms with E-state index < -0.39 is 79.2 Å². The number of anilines is 1. The van der Waals surface area contributed by atoms with Gasteiger partial charge in [0.1, 0.15) is 11.5 Å². The molecule has 33 heavy (non-hydrogen) atoms. The molecule has 14 heteroatoms. The molecular formula is C19H18F7NO6. The van der Waals surface area contributed by atoms with Gasteiger partial charge in [0.05, 0.1) is 24.0 Å². The molecule has 2 bridgehead atoms. The van der Waals surface area contributed by atoms with Gasteiger partial charge in [0.25, 0.3) is 0 Å². The van der Waals surface area contributed by atoms with E-state index in [1.165, 1.54) is 0 Å². The number of halogens is 7. The fourth-order valence-electron chi connectivity index (χ4n) is 3.77. The third-order valence-corrected chi connectivity index (χ3v) is 5.16. The summed E-state index contributed by atoms with van der Waals surface area (Å²) in [5.41, 5.74) is -0.276. The first-order chi connectivity index (χ1) is 15.3. The van der Waals surface area contributed by atoms with Crippen molar-refractivity contribution < 1.29 is 59.6 Å². The van der Waals surface area contributed by atoms with Gasteiger partial charge in [-0.3, -0.25) is 9.59 Å². The van der Waals surface area contributed by atoms with E-state index in [9.17, 15) is 45.4 Å². The Labute approximate surface area is 181 Å². The van der Waals surface area contributed by atoms with Crippen LogP contribution in [-0.4, -0.2) is 60.9 Å². The van der Waals surface area contributed by atoms with Crippen LogP contribution < -0.4 is 14.8 Å². The summed E-state index contributed by atoms with van der Waals surface area (Å²) in [6, 6.07) is 2.58. The van der Waals surface area contributed by atoms with E-state index in [2.05, 4.69) is 14.8 Å². The third kappa shape index (κ3) is 5.97. The number of amides is 1. The first-order valence-corrected chi connectivity index (χ1v) is 9.59. The summed E-state index contributed by atoms with van der Waals surface area (Å²) < 4.78 is 103. The van der Waals surface area contributed by atoms with Gasteiger partial charge in [-0.15, -0.1) is 0 Å². The highest BCUT2D eigenvalue weighted by molar-refractivity contribution is 5.96. The van der Waals surface area contributed by atoms with Crippen molar-refractivity contribution in [1.29, 1.82) is 0 Å². The Morgan fingerprint density at radius 1 is 1.00 bits per heavy atom. The monoisotopic (exact) mass is 489 g/mol. The zero-order valence-corrected chi connectivity index (χ0v) is 16.6. The molecule has 0 radical (unpaired) electrons. The van der Waals surface area contributed by atoms with Crippen LogP contribution in [0, 0.1) is 11.8 Å². The van der Waals surface area contributed by atoms with Crippen LogP contribution in [0.15, 0.2) is 18.2 Å². The van der Waals surface area contributed by atoms with Crippen molar-refractivity contribution in [3.05, 3.63) is 18.2 Å².